The highest BCUT2D eigenvalue weighted by molar-refractivity contribution is 7.99. The van der Waals surface area contributed by atoms with Gasteiger partial charge in [0.25, 0.3) is 0 Å². The molecule has 0 aliphatic carbocycles. The first-order valence-corrected chi connectivity index (χ1v) is 8.07. The molecule has 0 spiro atoms. The zero-order valence-electron chi connectivity index (χ0n) is 11.7. The molecule has 0 aromatic heterocycles. The molecule has 0 atom stereocenters. The molecule has 110 valence electrons. The van der Waals surface area contributed by atoms with Gasteiger partial charge in [0.2, 0.25) is 0 Å². The zero-order chi connectivity index (χ0) is 14.2. The van der Waals surface area contributed by atoms with Gasteiger partial charge in [-0.1, -0.05) is 18.2 Å². The molecule has 0 radical (unpaired) electrons. The summed E-state index contributed by atoms with van der Waals surface area (Å²) in [4.78, 5) is 16.5. The largest absolute Gasteiger partial charge is 0.480 e. The van der Waals surface area contributed by atoms with Gasteiger partial charge in [0.1, 0.15) is 0 Å². The van der Waals surface area contributed by atoms with Crippen LogP contribution < -0.4 is 0 Å². The predicted octanol–water partition coefficient (Wildman–Crippen LogP) is 1.87. The van der Waals surface area contributed by atoms with Gasteiger partial charge >= 0.3 is 5.97 Å². The van der Waals surface area contributed by atoms with Crippen molar-refractivity contribution >= 4 is 17.7 Å². The lowest BCUT2D eigenvalue weighted by atomic mass is 10.4. The second-order valence-corrected chi connectivity index (χ2v) is 6.19. The second-order valence-electron chi connectivity index (χ2n) is 5.03. The first kappa shape index (κ1) is 15.4. The number of carboxylic acid groups (broad SMARTS) is 1. The molecule has 0 saturated carbocycles. The number of thioether (sulfide) groups is 1. The predicted molar refractivity (Wildman–Crippen MR) is 82.3 cm³/mol. The molecule has 20 heavy (non-hydrogen) atoms. The van der Waals surface area contributed by atoms with Crippen molar-refractivity contribution in [3.05, 3.63) is 30.3 Å². The molecule has 0 bridgehead atoms. The molecule has 4 nitrogen and oxygen atoms in total. The van der Waals surface area contributed by atoms with E-state index in [1.165, 1.54) is 4.90 Å². The number of carbonyl (C=O) groups is 1. The number of benzene rings is 1. The Hall–Kier alpha value is -1.04. The first-order valence-electron chi connectivity index (χ1n) is 7.08. The van der Waals surface area contributed by atoms with Crippen molar-refractivity contribution in [1.82, 2.24) is 9.80 Å². The van der Waals surface area contributed by atoms with E-state index in [1.807, 2.05) is 22.7 Å². The van der Waals surface area contributed by atoms with Crippen LogP contribution in [0.4, 0.5) is 0 Å². The first-order chi connectivity index (χ1) is 9.74. The van der Waals surface area contributed by atoms with Crippen molar-refractivity contribution in [3.8, 4) is 0 Å². The zero-order valence-corrected chi connectivity index (χ0v) is 12.5. The van der Waals surface area contributed by atoms with Crippen molar-refractivity contribution in [2.24, 2.45) is 0 Å². The molecule has 0 amide bonds. The van der Waals surface area contributed by atoms with E-state index in [4.69, 9.17) is 5.11 Å². The number of rotatable bonds is 6. The van der Waals surface area contributed by atoms with Gasteiger partial charge in [0.05, 0.1) is 6.54 Å². The van der Waals surface area contributed by atoms with Crippen LogP contribution in [0.25, 0.3) is 0 Å². The summed E-state index contributed by atoms with van der Waals surface area (Å²) in [5.41, 5.74) is 0. The molecule has 5 heteroatoms. The van der Waals surface area contributed by atoms with Crippen molar-refractivity contribution < 1.29 is 9.90 Å². The van der Waals surface area contributed by atoms with Crippen molar-refractivity contribution in [2.45, 2.75) is 11.3 Å². The summed E-state index contributed by atoms with van der Waals surface area (Å²) in [6.07, 6.45) is 1.06. The molecule has 0 unspecified atom stereocenters. The number of aliphatic carboxylic acids is 1. The van der Waals surface area contributed by atoms with Gasteiger partial charge in [-0.05, 0) is 25.1 Å². The monoisotopic (exact) mass is 294 g/mol. The highest BCUT2D eigenvalue weighted by Gasteiger charge is 2.16. The maximum absolute atomic E-state index is 10.7. The lowest BCUT2D eigenvalue weighted by molar-refractivity contribution is -0.138. The topological polar surface area (TPSA) is 43.8 Å². The van der Waals surface area contributed by atoms with Gasteiger partial charge in [0, 0.05) is 36.8 Å². The van der Waals surface area contributed by atoms with Gasteiger partial charge in [0.15, 0.2) is 0 Å². The van der Waals surface area contributed by atoms with Gasteiger partial charge in [-0.3, -0.25) is 9.69 Å². The Balaban J connectivity index is 1.68. The minimum absolute atomic E-state index is 0.173. The maximum Gasteiger partial charge on any atom is 0.317 e. The Bertz CT molecular complexity index is 414. The van der Waals surface area contributed by atoms with E-state index < -0.39 is 5.97 Å². The Morgan fingerprint density at radius 2 is 1.80 bits per heavy atom. The summed E-state index contributed by atoms with van der Waals surface area (Å²) in [6, 6.07) is 10.5. The quantitative estimate of drug-likeness (QED) is 0.812. The SMILES string of the molecule is O=C(O)CN1CCCN(CCSc2ccccc2)CC1. The minimum atomic E-state index is -0.724. The van der Waals surface area contributed by atoms with E-state index in [1.54, 1.807) is 0 Å². The molecule has 1 heterocycles. The summed E-state index contributed by atoms with van der Waals surface area (Å²) < 4.78 is 0. The lowest BCUT2D eigenvalue weighted by Gasteiger charge is -2.20. The Morgan fingerprint density at radius 3 is 2.55 bits per heavy atom. The maximum atomic E-state index is 10.7. The molecule has 2 rings (SSSR count). The van der Waals surface area contributed by atoms with Crippen molar-refractivity contribution in [2.75, 3.05) is 45.0 Å². The third-order valence-electron chi connectivity index (χ3n) is 3.46. The van der Waals surface area contributed by atoms with E-state index in [0.29, 0.717) is 0 Å². The fourth-order valence-corrected chi connectivity index (χ4v) is 3.34. The lowest BCUT2D eigenvalue weighted by Crippen LogP contribution is -2.34. The summed E-state index contributed by atoms with van der Waals surface area (Å²) in [5, 5.41) is 8.83. The fourth-order valence-electron chi connectivity index (χ4n) is 2.41. The fraction of sp³-hybridized carbons (Fsp3) is 0.533. The number of hydrogen-bond acceptors (Lipinski definition) is 4. The molecule has 1 aliphatic heterocycles. The van der Waals surface area contributed by atoms with Gasteiger partial charge in [-0.15, -0.1) is 11.8 Å². The Kier molecular flexibility index (Phi) is 6.36. The average Bonchev–Trinajstić information content (AvgIpc) is 2.65. The smallest absolute Gasteiger partial charge is 0.317 e. The van der Waals surface area contributed by atoms with Crippen molar-refractivity contribution in [1.29, 1.82) is 0 Å². The molecule has 1 saturated heterocycles. The highest BCUT2D eigenvalue weighted by Crippen LogP contribution is 2.17. The molecule has 1 aromatic rings. The summed E-state index contributed by atoms with van der Waals surface area (Å²) in [5.74, 6) is 0.362. The summed E-state index contributed by atoms with van der Waals surface area (Å²) in [7, 11) is 0. The molecular formula is C15H22N2O2S. The van der Waals surface area contributed by atoms with Crippen LogP contribution in [0.15, 0.2) is 35.2 Å². The van der Waals surface area contributed by atoms with Crippen LogP contribution in [-0.2, 0) is 4.79 Å². The van der Waals surface area contributed by atoms with E-state index >= 15 is 0 Å². The van der Waals surface area contributed by atoms with Gasteiger partial charge in [-0.2, -0.15) is 0 Å². The number of nitrogens with zero attached hydrogens (tertiary/aromatic N) is 2. The normalized spacial score (nSPS) is 17.8. The van der Waals surface area contributed by atoms with Crippen LogP contribution in [0, 0.1) is 0 Å². The third kappa shape index (κ3) is 5.53. The molecular weight excluding hydrogens is 272 g/mol. The molecule has 1 aromatic carbocycles. The number of hydrogen-bond donors (Lipinski definition) is 1. The Labute approximate surface area is 124 Å². The summed E-state index contributed by atoms with van der Waals surface area (Å²) in [6.45, 7) is 5.05. The average molecular weight is 294 g/mol. The van der Waals surface area contributed by atoms with Crippen LogP contribution in [0.2, 0.25) is 0 Å². The number of carboxylic acids is 1. The minimum Gasteiger partial charge on any atom is -0.480 e. The van der Waals surface area contributed by atoms with Crippen LogP contribution in [-0.4, -0.2) is 65.9 Å². The van der Waals surface area contributed by atoms with Crippen LogP contribution >= 0.6 is 11.8 Å². The van der Waals surface area contributed by atoms with E-state index in [9.17, 15) is 4.79 Å². The standard InChI is InChI=1S/C15H22N2O2S/c18-15(19)13-17-8-4-7-16(9-10-17)11-12-20-14-5-2-1-3-6-14/h1-3,5-6H,4,7-13H2,(H,18,19). The second kappa shape index (κ2) is 8.29. The van der Waals surface area contributed by atoms with E-state index in [-0.39, 0.29) is 6.54 Å². The van der Waals surface area contributed by atoms with Gasteiger partial charge < -0.3 is 10.0 Å². The van der Waals surface area contributed by atoms with E-state index in [0.717, 1.165) is 44.9 Å². The molecule has 1 N–H and O–H groups in total. The van der Waals surface area contributed by atoms with Crippen LogP contribution in [0.1, 0.15) is 6.42 Å². The van der Waals surface area contributed by atoms with Crippen LogP contribution in [0.3, 0.4) is 0 Å². The van der Waals surface area contributed by atoms with Crippen LogP contribution in [0.5, 0.6) is 0 Å². The molecule has 1 aliphatic rings. The van der Waals surface area contributed by atoms with Crippen molar-refractivity contribution in [3.63, 3.8) is 0 Å². The van der Waals surface area contributed by atoms with E-state index in [2.05, 4.69) is 29.2 Å². The third-order valence-corrected chi connectivity index (χ3v) is 4.45. The molecule has 1 fully saturated rings. The summed E-state index contributed by atoms with van der Waals surface area (Å²) >= 11 is 1.88. The highest BCUT2D eigenvalue weighted by atomic mass is 32.2. The Morgan fingerprint density at radius 1 is 1.10 bits per heavy atom. The van der Waals surface area contributed by atoms with Gasteiger partial charge in [-0.25, -0.2) is 0 Å².